The number of anilines is 1. The van der Waals surface area contributed by atoms with Gasteiger partial charge in [0.2, 0.25) is 11.8 Å². The lowest BCUT2D eigenvalue weighted by Gasteiger charge is -2.27. The molecule has 2 saturated heterocycles. The number of nitrogens with one attached hydrogen (secondary N) is 2. The number of hydrogen-bond acceptors (Lipinski definition) is 6. The summed E-state index contributed by atoms with van der Waals surface area (Å²) in [4.78, 5) is 39.7. The van der Waals surface area contributed by atoms with Crippen LogP contribution < -0.4 is 10.6 Å². The van der Waals surface area contributed by atoms with E-state index in [2.05, 4.69) is 10.6 Å². The highest BCUT2D eigenvalue weighted by atomic mass is 16.6. The van der Waals surface area contributed by atoms with Gasteiger partial charge in [-0.25, -0.2) is 0 Å². The first-order valence-corrected chi connectivity index (χ1v) is 10.9. The van der Waals surface area contributed by atoms with Crippen LogP contribution in [-0.2, 0) is 9.59 Å². The van der Waals surface area contributed by atoms with Crippen LogP contribution in [-0.4, -0.2) is 58.8 Å². The molecule has 0 radical (unpaired) electrons. The summed E-state index contributed by atoms with van der Waals surface area (Å²) in [6.07, 6.45) is 5.00. The van der Waals surface area contributed by atoms with E-state index in [-0.39, 0.29) is 24.2 Å². The normalized spacial score (nSPS) is 19.9. The molecule has 2 N–H and O–H groups in total. The van der Waals surface area contributed by atoms with Crippen molar-refractivity contribution >= 4 is 17.5 Å². The summed E-state index contributed by atoms with van der Waals surface area (Å²) in [5, 5.41) is 17.2. The Kier molecular flexibility index (Phi) is 7.49. The van der Waals surface area contributed by atoms with E-state index in [0.717, 1.165) is 56.1 Å². The third-order valence-corrected chi connectivity index (χ3v) is 5.92. The van der Waals surface area contributed by atoms with E-state index in [1.165, 1.54) is 0 Å². The van der Waals surface area contributed by atoms with Crippen LogP contribution in [0.1, 0.15) is 43.2 Å². The quantitative estimate of drug-likeness (QED) is 0.509. The van der Waals surface area contributed by atoms with Crippen molar-refractivity contribution in [1.29, 1.82) is 0 Å². The standard InChI is InChI=1S/C22H31N5O4/c1-16-8-9-18(13-17(16)2)23-20(14-27(30)31)24-19-7-3-4-12-26(22(19)29)15-21(28)25-10-5-6-11-25/h8-9,13-14,19,23-24H,3-7,10-12,15H2,1-2H3. The van der Waals surface area contributed by atoms with Crippen LogP contribution in [0.3, 0.4) is 0 Å². The van der Waals surface area contributed by atoms with Crippen molar-refractivity contribution in [3.63, 3.8) is 0 Å². The van der Waals surface area contributed by atoms with E-state index in [0.29, 0.717) is 18.7 Å². The summed E-state index contributed by atoms with van der Waals surface area (Å²) in [7, 11) is 0. The van der Waals surface area contributed by atoms with Gasteiger partial charge in [-0.05, 0) is 69.2 Å². The molecule has 0 spiro atoms. The molecule has 0 saturated carbocycles. The summed E-state index contributed by atoms with van der Waals surface area (Å²) in [6.45, 7) is 6.05. The average Bonchev–Trinajstić information content (AvgIpc) is 3.20. The molecule has 0 aliphatic carbocycles. The van der Waals surface area contributed by atoms with Gasteiger partial charge in [0.25, 0.3) is 6.20 Å². The Hall–Kier alpha value is -3.10. The van der Waals surface area contributed by atoms with E-state index in [4.69, 9.17) is 0 Å². The second-order valence-corrected chi connectivity index (χ2v) is 8.29. The van der Waals surface area contributed by atoms with Gasteiger partial charge in [-0.2, -0.15) is 0 Å². The summed E-state index contributed by atoms with van der Waals surface area (Å²) in [6, 6.07) is 5.05. The van der Waals surface area contributed by atoms with E-state index in [1.54, 1.807) is 9.80 Å². The number of hydrogen-bond donors (Lipinski definition) is 2. The molecule has 1 aromatic rings. The average molecular weight is 430 g/mol. The number of carbonyl (C=O) groups is 2. The SMILES string of the molecule is Cc1ccc(NC(=C[N+](=O)[O-])NC2CCCCN(CC(=O)N3CCCC3)C2=O)cc1C. The first-order chi connectivity index (χ1) is 14.8. The maximum absolute atomic E-state index is 13.1. The summed E-state index contributed by atoms with van der Waals surface area (Å²) in [5.41, 5.74) is 2.88. The van der Waals surface area contributed by atoms with Crippen LogP contribution >= 0.6 is 0 Å². The lowest BCUT2D eigenvalue weighted by molar-refractivity contribution is -0.403. The minimum atomic E-state index is -0.626. The van der Waals surface area contributed by atoms with Crippen molar-refractivity contribution in [1.82, 2.24) is 15.1 Å². The van der Waals surface area contributed by atoms with Gasteiger partial charge in [0, 0.05) is 25.3 Å². The molecule has 1 atom stereocenters. The van der Waals surface area contributed by atoms with Crippen molar-refractivity contribution in [3.05, 3.63) is 51.5 Å². The molecule has 1 unspecified atom stereocenters. The minimum Gasteiger partial charge on any atom is -0.355 e. The fraction of sp³-hybridized carbons (Fsp3) is 0.545. The van der Waals surface area contributed by atoms with Gasteiger partial charge in [-0.1, -0.05) is 6.07 Å². The second-order valence-electron chi connectivity index (χ2n) is 8.29. The molecule has 31 heavy (non-hydrogen) atoms. The predicted octanol–water partition coefficient (Wildman–Crippen LogP) is 2.38. The van der Waals surface area contributed by atoms with Crippen molar-refractivity contribution in [3.8, 4) is 0 Å². The van der Waals surface area contributed by atoms with Gasteiger partial charge < -0.3 is 20.4 Å². The molecule has 2 fully saturated rings. The fourth-order valence-corrected chi connectivity index (χ4v) is 4.00. The molecule has 9 heteroatoms. The van der Waals surface area contributed by atoms with Crippen LogP contribution in [0, 0.1) is 24.0 Å². The van der Waals surface area contributed by atoms with Crippen LogP contribution in [0.15, 0.2) is 30.2 Å². The van der Waals surface area contributed by atoms with Gasteiger partial charge in [0.05, 0.1) is 11.5 Å². The summed E-state index contributed by atoms with van der Waals surface area (Å²) >= 11 is 0. The van der Waals surface area contributed by atoms with Crippen LogP contribution in [0.5, 0.6) is 0 Å². The molecular formula is C22H31N5O4. The molecule has 3 rings (SSSR count). The number of aryl methyl sites for hydroxylation is 2. The van der Waals surface area contributed by atoms with Gasteiger partial charge in [-0.3, -0.25) is 19.7 Å². The van der Waals surface area contributed by atoms with Crippen molar-refractivity contribution in [2.24, 2.45) is 0 Å². The first-order valence-electron chi connectivity index (χ1n) is 10.9. The Bertz CT molecular complexity index is 863. The zero-order valence-corrected chi connectivity index (χ0v) is 18.2. The summed E-state index contributed by atoms with van der Waals surface area (Å²) in [5.74, 6) is -0.0682. The molecule has 0 bridgehead atoms. The number of rotatable bonds is 7. The van der Waals surface area contributed by atoms with E-state index >= 15 is 0 Å². The van der Waals surface area contributed by atoms with Gasteiger partial charge >= 0.3 is 0 Å². The van der Waals surface area contributed by atoms with E-state index in [9.17, 15) is 19.7 Å². The summed E-state index contributed by atoms with van der Waals surface area (Å²) < 4.78 is 0. The molecular weight excluding hydrogens is 398 g/mol. The van der Waals surface area contributed by atoms with E-state index in [1.807, 2.05) is 32.0 Å². The number of amides is 2. The second kappa shape index (κ2) is 10.3. The van der Waals surface area contributed by atoms with E-state index < -0.39 is 11.0 Å². The van der Waals surface area contributed by atoms with Crippen LogP contribution in [0.25, 0.3) is 0 Å². The Morgan fingerprint density at radius 1 is 1.16 bits per heavy atom. The topological polar surface area (TPSA) is 108 Å². The Labute approximate surface area is 182 Å². The highest BCUT2D eigenvalue weighted by molar-refractivity contribution is 5.88. The molecule has 2 aliphatic heterocycles. The number of carbonyl (C=O) groups excluding carboxylic acids is 2. The molecule has 2 aliphatic rings. The zero-order chi connectivity index (χ0) is 22.4. The molecule has 168 valence electrons. The third kappa shape index (κ3) is 6.19. The zero-order valence-electron chi connectivity index (χ0n) is 18.2. The van der Waals surface area contributed by atoms with Gasteiger partial charge in [0.1, 0.15) is 6.04 Å². The highest BCUT2D eigenvalue weighted by Crippen LogP contribution is 2.18. The maximum Gasteiger partial charge on any atom is 0.274 e. The number of benzene rings is 1. The van der Waals surface area contributed by atoms with Gasteiger partial charge in [-0.15, -0.1) is 0 Å². The van der Waals surface area contributed by atoms with Crippen LogP contribution in [0.4, 0.5) is 5.69 Å². The minimum absolute atomic E-state index is 0.0270. The predicted molar refractivity (Wildman–Crippen MR) is 118 cm³/mol. The third-order valence-electron chi connectivity index (χ3n) is 5.92. The van der Waals surface area contributed by atoms with Crippen molar-refractivity contribution < 1.29 is 14.5 Å². The molecule has 1 aromatic carbocycles. The molecule has 2 heterocycles. The van der Waals surface area contributed by atoms with Crippen LogP contribution in [0.2, 0.25) is 0 Å². The number of likely N-dealkylation sites (tertiary alicyclic amines) is 2. The van der Waals surface area contributed by atoms with Gasteiger partial charge in [0.15, 0.2) is 5.82 Å². The Morgan fingerprint density at radius 2 is 1.87 bits per heavy atom. The molecule has 0 aromatic heterocycles. The smallest absolute Gasteiger partial charge is 0.274 e. The lowest BCUT2D eigenvalue weighted by Crippen LogP contribution is -2.49. The Morgan fingerprint density at radius 3 is 2.55 bits per heavy atom. The molecule has 9 nitrogen and oxygen atoms in total. The first kappa shape index (κ1) is 22.6. The largest absolute Gasteiger partial charge is 0.355 e. The fourth-order valence-electron chi connectivity index (χ4n) is 4.00. The highest BCUT2D eigenvalue weighted by Gasteiger charge is 2.30. The maximum atomic E-state index is 13.1. The number of nitro groups is 1. The number of nitrogens with zero attached hydrogens (tertiary/aromatic N) is 3. The van der Waals surface area contributed by atoms with Crippen molar-refractivity contribution in [2.75, 3.05) is 31.5 Å². The molecule has 2 amide bonds. The van der Waals surface area contributed by atoms with Crippen molar-refractivity contribution in [2.45, 2.75) is 52.0 Å². The lowest BCUT2D eigenvalue weighted by atomic mass is 10.1. The Balaban J connectivity index is 1.71. The monoisotopic (exact) mass is 429 g/mol.